The van der Waals surface area contributed by atoms with Crippen LogP contribution in [0.25, 0.3) is 0 Å². The van der Waals surface area contributed by atoms with Crippen LogP contribution in [0, 0.1) is 12.3 Å². The summed E-state index contributed by atoms with van der Waals surface area (Å²) in [6, 6.07) is -0.673. The smallest absolute Gasteiger partial charge is 0.408 e. The molecule has 0 heterocycles. The van der Waals surface area contributed by atoms with Gasteiger partial charge in [-0.2, -0.15) is 0 Å². The Morgan fingerprint density at radius 3 is 2.00 bits per heavy atom. The van der Waals surface area contributed by atoms with E-state index in [1.54, 1.807) is 0 Å². The van der Waals surface area contributed by atoms with Crippen LogP contribution in [0.4, 0.5) is 4.79 Å². The molecule has 0 bridgehead atoms. The van der Waals surface area contributed by atoms with Crippen molar-refractivity contribution < 1.29 is 19.1 Å². The van der Waals surface area contributed by atoms with Gasteiger partial charge in [0.25, 0.3) is 0 Å². The second-order valence-electron chi connectivity index (χ2n) is 6.62. The molecule has 5 nitrogen and oxygen atoms in total. The van der Waals surface area contributed by atoms with Crippen LogP contribution in [0.2, 0.25) is 0 Å². The highest BCUT2D eigenvalue weighted by Crippen LogP contribution is 2.10. The van der Waals surface area contributed by atoms with Crippen molar-refractivity contribution in [2.24, 2.45) is 0 Å². The summed E-state index contributed by atoms with van der Waals surface area (Å²) in [5.74, 6) is 1.81. The number of carbonyl (C=O) groups is 2. The van der Waals surface area contributed by atoms with Gasteiger partial charge in [-0.3, -0.25) is 0 Å². The fourth-order valence-corrected chi connectivity index (χ4v) is 2.69. The van der Waals surface area contributed by atoms with Crippen LogP contribution in [0.15, 0.2) is 0 Å². The van der Waals surface area contributed by atoms with Crippen LogP contribution in [0.5, 0.6) is 0 Å². The largest absolute Gasteiger partial charge is 0.464 e. The summed E-state index contributed by atoms with van der Waals surface area (Å²) in [5, 5.41) is 2.51. The highest BCUT2D eigenvalue weighted by molar-refractivity contribution is 5.81. The van der Waals surface area contributed by atoms with Gasteiger partial charge in [0.2, 0.25) is 0 Å². The van der Waals surface area contributed by atoms with Gasteiger partial charge in [0.1, 0.15) is 6.04 Å². The van der Waals surface area contributed by atoms with Crippen LogP contribution in [-0.4, -0.2) is 31.3 Å². The van der Waals surface area contributed by atoms with Crippen molar-refractivity contribution >= 4 is 12.1 Å². The van der Waals surface area contributed by atoms with Gasteiger partial charge in [-0.25, -0.2) is 9.59 Å². The molecule has 150 valence electrons. The van der Waals surface area contributed by atoms with Crippen LogP contribution >= 0.6 is 0 Å². The van der Waals surface area contributed by atoms with E-state index in [0.29, 0.717) is 13.0 Å². The minimum Gasteiger partial charge on any atom is -0.464 e. The predicted octanol–water partition coefficient (Wildman–Crippen LogP) is 4.98. The topological polar surface area (TPSA) is 64.6 Å². The molecule has 5 heteroatoms. The normalized spacial score (nSPS) is 11.4. The van der Waals surface area contributed by atoms with Gasteiger partial charge in [-0.15, -0.1) is 6.42 Å². The van der Waals surface area contributed by atoms with Crippen molar-refractivity contribution in [2.45, 2.75) is 96.9 Å². The Morgan fingerprint density at radius 1 is 0.885 bits per heavy atom. The zero-order valence-electron chi connectivity index (χ0n) is 16.7. The Balaban J connectivity index is 3.73. The Morgan fingerprint density at radius 2 is 1.46 bits per heavy atom. The maximum Gasteiger partial charge on any atom is 0.408 e. The Labute approximate surface area is 159 Å². The average molecular weight is 368 g/mol. The second-order valence-corrected chi connectivity index (χ2v) is 6.62. The zero-order valence-corrected chi connectivity index (χ0v) is 16.7. The molecule has 1 N–H and O–H groups in total. The van der Waals surface area contributed by atoms with Crippen LogP contribution in [0.1, 0.15) is 90.9 Å². The van der Waals surface area contributed by atoms with Crippen molar-refractivity contribution in [1.29, 1.82) is 0 Å². The van der Waals surface area contributed by atoms with Crippen molar-refractivity contribution in [3.8, 4) is 12.3 Å². The molecule has 0 aromatic carbocycles. The first kappa shape index (κ1) is 24.3. The van der Waals surface area contributed by atoms with E-state index in [0.717, 1.165) is 19.3 Å². The van der Waals surface area contributed by atoms with Gasteiger partial charge in [0.05, 0.1) is 6.61 Å². The number of amides is 1. The number of nitrogens with one attached hydrogen (secondary N) is 1. The Kier molecular flexibility index (Phi) is 16.9. The maximum absolute atomic E-state index is 12.1. The number of hydrogen-bond acceptors (Lipinski definition) is 4. The number of unbranched alkanes of at least 4 members (excludes halogenated alkanes) is 9. The molecule has 1 amide bonds. The maximum atomic E-state index is 12.1. The number of esters is 1. The summed E-state index contributed by atoms with van der Waals surface area (Å²) in [4.78, 5) is 23.6. The summed E-state index contributed by atoms with van der Waals surface area (Å²) < 4.78 is 10.0. The Bertz CT molecular complexity index is 403. The SMILES string of the molecule is C#CCOC(=O)NC(CCC)C(=O)OCCCCCCCCCCCC. The number of rotatable bonds is 16. The molecule has 0 saturated carbocycles. The molecule has 1 unspecified atom stereocenters. The quantitative estimate of drug-likeness (QED) is 0.237. The molecule has 0 aliphatic heterocycles. The predicted molar refractivity (Wildman–Crippen MR) is 105 cm³/mol. The van der Waals surface area contributed by atoms with E-state index in [2.05, 4.69) is 18.2 Å². The molecule has 0 aliphatic carbocycles. The molecule has 0 fully saturated rings. The highest BCUT2D eigenvalue weighted by atomic mass is 16.6. The number of terminal acetylenes is 1. The van der Waals surface area contributed by atoms with Gasteiger partial charge in [0.15, 0.2) is 6.61 Å². The van der Waals surface area contributed by atoms with E-state index in [9.17, 15) is 9.59 Å². The summed E-state index contributed by atoms with van der Waals surface area (Å²) in [5.41, 5.74) is 0. The molecule has 0 aromatic heterocycles. The fraction of sp³-hybridized carbons (Fsp3) is 0.810. The van der Waals surface area contributed by atoms with Crippen molar-refractivity contribution in [3.63, 3.8) is 0 Å². The molecule has 0 spiro atoms. The lowest BCUT2D eigenvalue weighted by molar-refractivity contribution is -0.146. The number of hydrogen-bond donors (Lipinski definition) is 1. The van der Waals surface area contributed by atoms with Crippen LogP contribution < -0.4 is 5.32 Å². The van der Waals surface area contributed by atoms with E-state index in [-0.39, 0.29) is 6.61 Å². The van der Waals surface area contributed by atoms with E-state index < -0.39 is 18.1 Å². The molecular formula is C21H37NO4. The van der Waals surface area contributed by atoms with Crippen LogP contribution in [-0.2, 0) is 14.3 Å². The third kappa shape index (κ3) is 14.6. The summed E-state index contributed by atoms with van der Waals surface area (Å²) >= 11 is 0. The first-order valence-corrected chi connectivity index (χ1v) is 10.2. The molecule has 0 aromatic rings. The van der Waals surface area contributed by atoms with E-state index in [4.69, 9.17) is 15.9 Å². The molecule has 1 atom stereocenters. The first-order chi connectivity index (χ1) is 12.7. The van der Waals surface area contributed by atoms with Crippen molar-refractivity contribution in [3.05, 3.63) is 0 Å². The molecule has 0 aliphatic rings. The third-order valence-electron chi connectivity index (χ3n) is 4.18. The van der Waals surface area contributed by atoms with Gasteiger partial charge in [-0.05, 0) is 12.8 Å². The van der Waals surface area contributed by atoms with E-state index in [1.807, 2.05) is 6.92 Å². The summed E-state index contributed by atoms with van der Waals surface area (Å²) in [6.07, 6.45) is 18.0. The van der Waals surface area contributed by atoms with Gasteiger partial charge < -0.3 is 14.8 Å². The zero-order chi connectivity index (χ0) is 19.5. The van der Waals surface area contributed by atoms with E-state index >= 15 is 0 Å². The Hall–Kier alpha value is -1.70. The highest BCUT2D eigenvalue weighted by Gasteiger charge is 2.21. The molecule has 0 rings (SSSR count). The first-order valence-electron chi connectivity index (χ1n) is 10.2. The van der Waals surface area contributed by atoms with Gasteiger partial charge in [-0.1, -0.05) is 84.0 Å². The summed E-state index contributed by atoms with van der Waals surface area (Å²) in [6.45, 7) is 4.46. The molecule has 26 heavy (non-hydrogen) atoms. The standard InChI is InChI=1S/C21H37NO4/c1-4-7-8-9-10-11-12-13-14-15-18-25-20(23)19(16-5-2)22-21(24)26-17-6-3/h3,19H,4-5,7-18H2,1-2H3,(H,22,24). The number of alkyl carbamates (subject to hydrolysis) is 1. The van der Waals surface area contributed by atoms with Crippen molar-refractivity contribution in [1.82, 2.24) is 5.32 Å². The van der Waals surface area contributed by atoms with E-state index in [1.165, 1.54) is 51.4 Å². The number of carbonyl (C=O) groups excluding carboxylic acids is 2. The average Bonchev–Trinajstić information content (AvgIpc) is 2.63. The lowest BCUT2D eigenvalue weighted by Crippen LogP contribution is -2.42. The third-order valence-corrected chi connectivity index (χ3v) is 4.18. The lowest BCUT2D eigenvalue weighted by Gasteiger charge is -2.16. The van der Waals surface area contributed by atoms with Crippen molar-refractivity contribution in [2.75, 3.05) is 13.2 Å². The lowest BCUT2D eigenvalue weighted by atomic mass is 10.1. The van der Waals surface area contributed by atoms with Gasteiger partial charge in [0, 0.05) is 0 Å². The molecule has 0 saturated heterocycles. The minimum atomic E-state index is -0.683. The molecule has 0 radical (unpaired) electrons. The number of ether oxygens (including phenoxy) is 2. The summed E-state index contributed by atoms with van der Waals surface area (Å²) in [7, 11) is 0. The van der Waals surface area contributed by atoms with Gasteiger partial charge >= 0.3 is 12.1 Å². The fourth-order valence-electron chi connectivity index (χ4n) is 2.69. The molecular weight excluding hydrogens is 330 g/mol. The van der Waals surface area contributed by atoms with Crippen LogP contribution in [0.3, 0.4) is 0 Å². The monoisotopic (exact) mass is 367 g/mol. The second kappa shape index (κ2) is 18.1. The minimum absolute atomic E-state index is 0.113.